The lowest BCUT2D eigenvalue weighted by atomic mass is 9.97. The summed E-state index contributed by atoms with van der Waals surface area (Å²) in [5.74, 6) is 1.07. The largest absolute Gasteiger partial charge is 0.355 e. The Labute approximate surface area is 73.7 Å². The molecule has 0 aliphatic heterocycles. The van der Waals surface area contributed by atoms with Crippen LogP contribution in [0.1, 0.15) is 33.6 Å². The first-order valence-corrected chi connectivity index (χ1v) is 4.72. The molecule has 2 saturated carbocycles. The molecular formula is C10H17NO. The number of rotatable bonds is 2. The zero-order valence-corrected chi connectivity index (χ0v) is 8.11. The van der Waals surface area contributed by atoms with E-state index >= 15 is 0 Å². The molecular weight excluding hydrogens is 150 g/mol. The molecule has 0 radical (unpaired) electrons. The van der Waals surface area contributed by atoms with Crippen LogP contribution >= 0.6 is 0 Å². The highest BCUT2D eigenvalue weighted by atomic mass is 16.2. The number of amides is 1. The van der Waals surface area contributed by atoms with E-state index in [9.17, 15) is 4.79 Å². The summed E-state index contributed by atoms with van der Waals surface area (Å²) in [6.45, 7) is 7.23. The second kappa shape index (κ2) is 2.04. The highest BCUT2D eigenvalue weighted by molar-refractivity contribution is 5.90. The maximum atomic E-state index is 11.5. The smallest absolute Gasteiger partial charge is 0.226 e. The summed E-state index contributed by atoms with van der Waals surface area (Å²) in [6.07, 6.45) is 2.31. The topological polar surface area (TPSA) is 29.1 Å². The number of hydrogen-bond acceptors (Lipinski definition) is 1. The van der Waals surface area contributed by atoms with Crippen LogP contribution in [0.2, 0.25) is 0 Å². The van der Waals surface area contributed by atoms with Gasteiger partial charge in [-0.15, -0.1) is 0 Å². The molecule has 2 heteroatoms. The lowest BCUT2D eigenvalue weighted by Gasteiger charge is -2.19. The van der Waals surface area contributed by atoms with Crippen LogP contribution in [0.25, 0.3) is 0 Å². The molecule has 2 rings (SSSR count). The van der Waals surface area contributed by atoms with E-state index in [1.807, 2.05) is 0 Å². The van der Waals surface area contributed by atoms with Crippen LogP contribution in [-0.2, 0) is 4.79 Å². The lowest BCUT2D eigenvalue weighted by Crippen LogP contribution is -2.34. The van der Waals surface area contributed by atoms with E-state index in [-0.39, 0.29) is 10.8 Å². The lowest BCUT2D eigenvalue weighted by molar-refractivity contribution is -0.124. The molecule has 2 nitrogen and oxygen atoms in total. The van der Waals surface area contributed by atoms with Gasteiger partial charge >= 0.3 is 0 Å². The molecule has 2 fully saturated rings. The van der Waals surface area contributed by atoms with E-state index in [0.29, 0.717) is 5.91 Å². The maximum Gasteiger partial charge on any atom is 0.226 e. The van der Waals surface area contributed by atoms with Crippen LogP contribution in [0.15, 0.2) is 0 Å². The first-order valence-electron chi connectivity index (χ1n) is 4.72. The fourth-order valence-electron chi connectivity index (χ4n) is 1.59. The zero-order valence-electron chi connectivity index (χ0n) is 8.11. The first-order chi connectivity index (χ1) is 5.44. The van der Waals surface area contributed by atoms with Crippen molar-refractivity contribution in [1.82, 2.24) is 5.32 Å². The maximum absolute atomic E-state index is 11.5. The number of carbonyl (C=O) groups is 1. The van der Waals surface area contributed by atoms with Crippen molar-refractivity contribution < 1.29 is 4.79 Å². The Morgan fingerprint density at radius 1 is 1.50 bits per heavy atom. The molecule has 0 heterocycles. The predicted molar refractivity (Wildman–Crippen MR) is 47.6 cm³/mol. The molecule has 12 heavy (non-hydrogen) atoms. The molecule has 0 atom stereocenters. The Hall–Kier alpha value is -0.530. The molecule has 0 saturated heterocycles. The molecule has 0 aromatic heterocycles. The fraction of sp³-hybridized carbons (Fsp3) is 0.900. The zero-order chi connectivity index (χ0) is 8.98. The van der Waals surface area contributed by atoms with Gasteiger partial charge in [0.15, 0.2) is 0 Å². The van der Waals surface area contributed by atoms with Crippen LogP contribution < -0.4 is 5.32 Å². The summed E-state index contributed by atoms with van der Waals surface area (Å²) in [4.78, 5) is 11.5. The minimum atomic E-state index is 0.144. The highest BCUT2D eigenvalue weighted by Gasteiger charge is 2.74. The number of hydrogen-bond donors (Lipinski definition) is 1. The normalized spacial score (nSPS) is 37.1. The van der Waals surface area contributed by atoms with Crippen molar-refractivity contribution in [2.24, 2.45) is 16.7 Å². The van der Waals surface area contributed by atoms with E-state index in [2.05, 4.69) is 26.1 Å². The van der Waals surface area contributed by atoms with Gasteiger partial charge in [-0.1, -0.05) is 20.8 Å². The summed E-state index contributed by atoms with van der Waals surface area (Å²) >= 11 is 0. The number of nitrogens with one attached hydrogen (secondary N) is 1. The van der Waals surface area contributed by atoms with Crippen LogP contribution in [0.3, 0.4) is 0 Å². The third kappa shape index (κ3) is 1.23. The van der Waals surface area contributed by atoms with E-state index < -0.39 is 0 Å². The van der Waals surface area contributed by atoms with Gasteiger partial charge in [-0.05, 0) is 24.2 Å². The Balaban J connectivity index is 1.77. The van der Waals surface area contributed by atoms with Crippen LogP contribution in [0.5, 0.6) is 0 Å². The van der Waals surface area contributed by atoms with E-state index in [0.717, 1.165) is 25.3 Å². The van der Waals surface area contributed by atoms with Gasteiger partial charge in [0.2, 0.25) is 5.91 Å². The molecule has 0 aromatic carbocycles. The number of fused-ring (bicyclic) bond motifs is 1. The van der Waals surface area contributed by atoms with E-state index in [4.69, 9.17) is 0 Å². The Morgan fingerprint density at radius 3 is 2.33 bits per heavy atom. The van der Waals surface area contributed by atoms with Gasteiger partial charge in [0.05, 0.1) is 5.41 Å². The van der Waals surface area contributed by atoms with Gasteiger partial charge in [0, 0.05) is 6.54 Å². The summed E-state index contributed by atoms with van der Waals surface area (Å²) in [5, 5.41) is 3.03. The van der Waals surface area contributed by atoms with Gasteiger partial charge in [-0.2, -0.15) is 0 Å². The highest BCUT2D eigenvalue weighted by Crippen LogP contribution is 2.75. The van der Waals surface area contributed by atoms with Crippen molar-refractivity contribution in [3.8, 4) is 0 Å². The van der Waals surface area contributed by atoms with Crippen molar-refractivity contribution in [3.05, 3.63) is 0 Å². The number of carbonyl (C=O) groups excluding carboxylic acids is 1. The molecule has 2 aliphatic rings. The summed E-state index contributed by atoms with van der Waals surface area (Å²) in [6, 6.07) is 0. The van der Waals surface area contributed by atoms with E-state index in [1.54, 1.807) is 0 Å². The van der Waals surface area contributed by atoms with Gasteiger partial charge in [0.1, 0.15) is 0 Å². The monoisotopic (exact) mass is 167 g/mol. The first kappa shape index (κ1) is 8.09. The van der Waals surface area contributed by atoms with Crippen LogP contribution in [-0.4, -0.2) is 12.5 Å². The molecule has 2 aliphatic carbocycles. The molecule has 1 amide bonds. The van der Waals surface area contributed by atoms with Gasteiger partial charge in [-0.25, -0.2) is 0 Å². The Morgan fingerprint density at radius 2 is 2.00 bits per heavy atom. The molecule has 68 valence electrons. The van der Waals surface area contributed by atoms with Crippen molar-refractivity contribution in [2.75, 3.05) is 6.54 Å². The Bertz CT molecular complexity index is 220. The third-order valence-corrected chi connectivity index (χ3v) is 2.91. The minimum absolute atomic E-state index is 0.144. The van der Waals surface area contributed by atoms with Crippen LogP contribution in [0.4, 0.5) is 0 Å². The quantitative estimate of drug-likeness (QED) is 0.664. The molecule has 1 N–H and O–H groups in total. The third-order valence-electron chi connectivity index (χ3n) is 2.91. The molecule has 0 bridgehead atoms. The van der Waals surface area contributed by atoms with Crippen molar-refractivity contribution >= 4 is 5.91 Å². The SMILES string of the molecule is CC(C)(C)CNC(=O)C12CC1C2. The summed E-state index contributed by atoms with van der Waals surface area (Å²) < 4.78 is 0. The second-order valence-electron chi connectivity index (χ2n) is 5.50. The fourth-order valence-corrected chi connectivity index (χ4v) is 1.59. The standard InChI is InChI=1S/C10H17NO/c1-9(2,3)6-11-8(12)10-4-7(10)5-10/h7H,4-6H2,1-3H3,(H,11,12). The second-order valence-corrected chi connectivity index (χ2v) is 5.50. The minimum Gasteiger partial charge on any atom is -0.355 e. The summed E-state index contributed by atoms with van der Waals surface area (Å²) in [5.41, 5.74) is 0.358. The molecule has 0 aromatic rings. The van der Waals surface area contributed by atoms with Crippen molar-refractivity contribution in [3.63, 3.8) is 0 Å². The van der Waals surface area contributed by atoms with E-state index in [1.165, 1.54) is 0 Å². The van der Waals surface area contributed by atoms with Crippen molar-refractivity contribution in [2.45, 2.75) is 33.6 Å². The van der Waals surface area contributed by atoms with Crippen molar-refractivity contribution in [1.29, 1.82) is 0 Å². The summed E-state index contributed by atoms with van der Waals surface area (Å²) in [7, 11) is 0. The average Bonchev–Trinajstić information content (AvgIpc) is 2.64. The average molecular weight is 167 g/mol. The van der Waals surface area contributed by atoms with Gasteiger partial charge < -0.3 is 5.32 Å². The van der Waals surface area contributed by atoms with Gasteiger partial charge in [0.25, 0.3) is 0 Å². The van der Waals surface area contributed by atoms with Gasteiger partial charge in [-0.3, -0.25) is 4.79 Å². The molecule has 0 spiro atoms. The Kier molecular flexibility index (Phi) is 1.37. The van der Waals surface area contributed by atoms with Crippen LogP contribution in [0, 0.1) is 16.7 Å². The molecule has 0 unspecified atom stereocenters. The predicted octanol–water partition coefficient (Wildman–Crippen LogP) is 1.56.